The van der Waals surface area contributed by atoms with Crippen molar-refractivity contribution in [3.05, 3.63) is 0 Å². The maximum atomic E-state index is 8.42. The first-order valence-corrected chi connectivity index (χ1v) is 3.41. The van der Waals surface area contributed by atoms with E-state index in [9.17, 15) is 0 Å². The minimum atomic E-state index is 0.342. The molecule has 0 aromatic carbocycles. The van der Waals surface area contributed by atoms with Crippen molar-refractivity contribution in [1.82, 2.24) is 5.32 Å². The van der Waals surface area contributed by atoms with Crippen LogP contribution >= 0.6 is 0 Å². The number of hydrogen-bond acceptors (Lipinski definition) is 2. The lowest BCUT2D eigenvalue weighted by molar-refractivity contribution is 0.167. The van der Waals surface area contributed by atoms with E-state index in [1.165, 1.54) is 0 Å². The van der Waals surface area contributed by atoms with Gasteiger partial charge < -0.3 is 5.32 Å². The second kappa shape index (κ2) is 2.36. The fraction of sp³-hybridized carbons (Fsp3) is 0.857. The van der Waals surface area contributed by atoms with Crippen molar-refractivity contribution in [3.8, 4) is 6.07 Å². The van der Waals surface area contributed by atoms with Gasteiger partial charge in [0.05, 0.1) is 6.07 Å². The third-order valence-corrected chi connectivity index (χ3v) is 2.20. The zero-order chi connectivity index (χ0) is 6.74. The number of nitrogens with one attached hydrogen (secondary N) is 1. The van der Waals surface area contributed by atoms with Crippen molar-refractivity contribution >= 4 is 0 Å². The normalized spacial score (nSPS) is 22.2. The molecule has 0 saturated carbocycles. The summed E-state index contributed by atoms with van der Waals surface area (Å²) in [6, 6.07) is 2.22. The Labute approximate surface area is 55.9 Å². The van der Waals surface area contributed by atoms with Crippen LogP contribution in [0.3, 0.4) is 0 Å². The second-order valence-corrected chi connectivity index (χ2v) is 2.79. The zero-order valence-electron chi connectivity index (χ0n) is 5.78. The van der Waals surface area contributed by atoms with Crippen LogP contribution < -0.4 is 5.32 Å². The molecule has 1 saturated heterocycles. The van der Waals surface area contributed by atoms with Crippen molar-refractivity contribution in [2.75, 3.05) is 13.1 Å². The quantitative estimate of drug-likeness (QED) is 0.593. The molecule has 0 aromatic heterocycles. The fourth-order valence-corrected chi connectivity index (χ4v) is 1.15. The standard InChI is InChI=1S/C7H12N2/c1-2-7(3-4-8)5-9-6-7/h9H,2-3,5-6H2,1H3. The van der Waals surface area contributed by atoms with Crippen LogP contribution in [0.25, 0.3) is 0 Å². The molecular weight excluding hydrogens is 112 g/mol. The maximum Gasteiger partial charge on any atom is 0.0628 e. The number of nitrogens with zero attached hydrogens (tertiary/aromatic N) is 1. The van der Waals surface area contributed by atoms with E-state index in [1.54, 1.807) is 0 Å². The van der Waals surface area contributed by atoms with Gasteiger partial charge in [-0.25, -0.2) is 0 Å². The summed E-state index contributed by atoms with van der Waals surface area (Å²) >= 11 is 0. The molecule has 2 heteroatoms. The van der Waals surface area contributed by atoms with Crippen LogP contribution in [0.5, 0.6) is 0 Å². The van der Waals surface area contributed by atoms with Crippen molar-refractivity contribution < 1.29 is 0 Å². The van der Waals surface area contributed by atoms with Crippen molar-refractivity contribution in [2.24, 2.45) is 5.41 Å². The lowest BCUT2D eigenvalue weighted by Gasteiger charge is -2.40. The monoisotopic (exact) mass is 124 g/mol. The Balaban J connectivity index is 2.39. The Morgan fingerprint density at radius 3 is 2.44 bits per heavy atom. The van der Waals surface area contributed by atoms with E-state index in [4.69, 9.17) is 5.26 Å². The van der Waals surface area contributed by atoms with E-state index >= 15 is 0 Å². The van der Waals surface area contributed by atoms with Crippen LogP contribution in [0, 0.1) is 16.7 Å². The SMILES string of the molecule is CCC1(CC#N)CNC1. The van der Waals surface area contributed by atoms with E-state index in [-0.39, 0.29) is 0 Å². The largest absolute Gasteiger partial charge is 0.315 e. The fourth-order valence-electron chi connectivity index (χ4n) is 1.15. The molecule has 0 amide bonds. The Hall–Kier alpha value is -0.550. The van der Waals surface area contributed by atoms with E-state index < -0.39 is 0 Å². The minimum Gasteiger partial charge on any atom is -0.315 e. The predicted octanol–water partition coefficient (Wildman–Crippen LogP) is 0.900. The molecule has 1 aliphatic rings. The van der Waals surface area contributed by atoms with Crippen molar-refractivity contribution in [3.63, 3.8) is 0 Å². The summed E-state index contributed by atoms with van der Waals surface area (Å²) in [6.07, 6.45) is 1.85. The molecular formula is C7H12N2. The van der Waals surface area contributed by atoms with Crippen molar-refractivity contribution in [1.29, 1.82) is 5.26 Å². The molecule has 50 valence electrons. The summed E-state index contributed by atoms with van der Waals surface area (Å²) in [6.45, 7) is 4.23. The first-order chi connectivity index (χ1) is 4.33. The van der Waals surface area contributed by atoms with Crippen LogP contribution in [0.1, 0.15) is 19.8 Å². The van der Waals surface area contributed by atoms with E-state index in [0.717, 1.165) is 25.9 Å². The van der Waals surface area contributed by atoms with E-state index in [2.05, 4.69) is 18.3 Å². The molecule has 1 fully saturated rings. The van der Waals surface area contributed by atoms with Gasteiger partial charge in [0.25, 0.3) is 0 Å². The Morgan fingerprint density at radius 2 is 2.33 bits per heavy atom. The highest BCUT2D eigenvalue weighted by atomic mass is 15.0. The van der Waals surface area contributed by atoms with Crippen LogP contribution in [-0.2, 0) is 0 Å². The van der Waals surface area contributed by atoms with E-state index in [1.807, 2.05) is 0 Å². The predicted molar refractivity (Wildman–Crippen MR) is 35.8 cm³/mol. The first kappa shape index (κ1) is 6.57. The minimum absolute atomic E-state index is 0.342. The zero-order valence-corrected chi connectivity index (χ0v) is 5.78. The van der Waals surface area contributed by atoms with Crippen LogP contribution in [-0.4, -0.2) is 13.1 Å². The van der Waals surface area contributed by atoms with Gasteiger partial charge in [0.15, 0.2) is 0 Å². The molecule has 0 unspecified atom stereocenters. The average Bonchev–Trinajstić information content (AvgIpc) is 1.79. The van der Waals surface area contributed by atoms with Crippen LogP contribution in [0.4, 0.5) is 0 Å². The smallest absolute Gasteiger partial charge is 0.0628 e. The average molecular weight is 124 g/mol. The second-order valence-electron chi connectivity index (χ2n) is 2.79. The van der Waals surface area contributed by atoms with Gasteiger partial charge in [-0.15, -0.1) is 0 Å². The molecule has 0 radical (unpaired) electrons. The third-order valence-electron chi connectivity index (χ3n) is 2.20. The molecule has 0 aromatic rings. The highest BCUT2D eigenvalue weighted by Crippen LogP contribution is 2.29. The summed E-state index contributed by atoms with van der Waals surface area (Å²) in [5.41, 5.74) is 0.342. The van der Waals surface area contributed by atoms with Crippen LogP contribution in [0.15, 0.2) is 0 Å². The van der Waals surface area contributed by atoms with Gasteiger partial charge in [0.2, 0.25) is 0 Å². The summed E-state index contributed by atoms with van der Waals surface area (Å²) in [7, 11) is 0. The van der Waals surface area contributed by atoms with Crippen LogP contribution in [0.2, 0.25) is 0 Å². The van der Waals surface area contributed by atoms with Gasteiger partial charge in [-0.3, -0.25) is 0 Å². The molecule has 0 spiro atoms. The molecule has 2 nitrogen and oxygen atoms in total. The highest BCUT2D eigenvalue weighted by Gasteiger charge is 2.34. The number of nitriles is 1. The third kappa shape index (κ3) is 1.06. The molecule has 1 heterocycles. The molecule has 0 atom stereocenters. The molecule has 9 heavy (non-hydrogen) atoms. The van der Waals surface area contributed by atoms with E-state index in [0.29, 0.717) is 5.41 Å². The van der Waals surface area contributed by atoms with Gasteiger partial charge >= 0.3 is 0 Å². The molecule has 0 aliphatic carbocycles. The summed E-state index contributed by atoms with van der Waals surface area (Å²) < 4.78 is 0. The van der Waals surface area contributed by atoms with Gasteiger partial charge in [0.1, 0.15) is 0 Å². The lowest BCUT2D eigenvalue weighted by Crippen LogP contribution is -2.52. The van der Waals surface area contributed by atoms with Crippen molar-refractivity contribution in [2.45, 2.75) is 19.8 Å². The maximum absolute atomic E-state index is 8.42. The molecule has 1 N–H and O–H groups in total. The highest BCUT2D eigenvalue weighted by molar-refractivity contribution is 4.97. The molecule has 0 bridgehead atoms. The summed E-state index contributed by atoms with van der Waals surface area (Å²) in [5.74, 6) is 0. The first-order valence-electron chi connectivity index (χ1n) is 3.41. The van der Waals surface area contributed by atoms with Gasteiger partial charge in [-0.2, -0.15) is 5.26 Å². The summed E-state index contributed by atoms with van der Waals surface area (Å²) in [4.78, 5) is 0. The van der Waals surface area contributed by atoms with Gasteiger partial charge in [-0.1, -0.05) is 6.92 Å². The Morgan fingerprint density at radius 1 is 1.67 bits per heavy atom. The molecule has 1 aliphatic heterocycles. The summed E-state index contributed by atoms with van der Waals surface area (Å²) in [5, 5.41) is 11.6. The lowest BCUT2D eigenvalue weighted by atomic mass is 9.77. The Bertz CT molecular complexity index is 125. The van der Waals surface area contributed by atoms with Gasteiger partial charge in [-0.05, 0) is 6.42 Å². The Kier molecular flexibility index (Phi) is 1.73. The number of rotatable bonds is 2. The van der Waals surface area contributed by atoms with Gasteiger partial charge in [0, 0.05) is 24.9 Å². The number of hydrogen-bond donors (Lipinski definition) is 1. The molecule has 1 rings (SSSR count). The topological polar surface area (TPSA) is 35.8 Å².